The lowest BCUT2D eigenvalue weighted by Gasteiger charge is -2.36. The Labute approximate surface area is 121 Å². The van der Waals surface area contributed by atoms with E-state index in [9.17, 15) is 4.79 Å². The van der Waals surface area contributed by atoms with Gasteiger partial charge in [0.2, 0.25) is 0 Å². The third-order valence-electron chi connectivity index (χ3n) is 4.24. The Kier molecular flexibility index (Phi) is 5.05. The van der Waals surface area contributed by atoms with E-state index in [1.165, 1.54) is 6.42 Å². The van der Waals surface area contributed by atoms with Crippen LogP contribution < -0.4 is 5.32 Å². The number of rotatable bonds is 3. The molecule has 1 saturated carbocycles. The van der Waals surface area contributed by atoms with Gasteiger partial charge in [0.1, 0.15) is 6.10 Å². The van der Waals surface area contributed by atoms with Gasteiger partial charge in [0.15, 0.2) is 0 Å². The molecule has 20 heavy (non-hydrogen) atoms. The smallest absolute Gasteiger partial charge is 0.411 e. The quantitative estimate of drug-likeness (QED) is 0.868. The molecule has 3 nitrogen and oxygen atoms in total. The summed E-state index contributed by atoms with van der Waals surface area (Å²) in [5.74, 6) is 1.67. The minimum Gasteiger partial charge on any atom is -0.446 e. The van der Waals surface area contributed by atoms with Crippen LogP contribution in [0.15, 0.2) is 30.3 Å². The molecule has 110 valence electrons. The van der Waals surface area contributed by atoms with Crippen molar-refractivity contribution in [2.24, 2.45) is 17.8 Å². The van der Waals surface area contributed by atoms with E-state index in [0.29, 0.717) is 17.8 Å². The first-order valence-corrected chi connectivity index (χ1v) is 7.59. The standard InChI is InChI=1S/C17H25NO2/c1-12(2)15-10-9-13(3)11-16(15)20-17(19)18-14-7-5-4-6-8-14/h4-8,12-13,15-16H,9-11H2,1-3H3,(H,18,19)/t13-,15+,16-/m1/s1. The highest BCUT2D eigenvalue weighted by atomic mass is 16.6. The van der Waals surface area contributed by atoms with Crippen molar-refractivity contribution in [3.63, 3.8) is 0 Å². The summed E-state index contributed by atoms with van der Waals surface area (Å²) >= 11 is 0. The number of hydrogen-bond donors (Lipinski definition) is 1. The van der Waals surface area contributed by atoms with Crippen LogP contribution in [0.4, 0.5) is 10.5 Å². The monoisotopic (exact) mass is 275 g/mol. The molecule has 3 atom stereocenters. The average Bonchev–Trinajstić information content (AvgIpc) is 2.39. The zero-order valence-electron chi connectivity index (χ0n) is 12.6. The van der Waals surface area contributed by atoms with E-state index in [0.717, 1.165) is 18.5 Å². The SMILES string of the molecule is CC(C)[C@@H]1CC[C@@H](C)C[C@H]1OC(=O)Nc1ccccc1. The molecule has 0 radical (unpaired) electrons. The Morgan fingerprint density at radius 3 is 2.60 bits per heavy atom. The van der Waals surface area contributed by atoms with Crippen LogP contribution in [-0.4, -0.2) is 12.2 Å². The summed E-state index contributed by atoms with van der Waals surface area (Å²) in [6.45, 7) is 6.67. The third kappa shape index (κ3) is 3.99. The lowest BCUT2D eigenvalue weighted by molar-refractivity contribution is 0.0126. The molecule has 2 rings (SSSR count). The van der Waals surface area contributed by atoms with Gasteiger partial charge < -0.3 is 4.74 Å². The molecule has 1 N–H and O–H groups in total. The van der Waals surface area contributed by atoms with Gasteiger partial charge >= 0.3 is 6.09 Å². The number of amides is 1. The minimum absolute atomic E-state index is 0.0439. The number of carbonyl (C=O) groups is 1. The summed E-state index contributed by atoms with van der Waals surface area (Å²) < 4.78 is 5.69. The molecule has 0 unspecified atom stereocenters. The molecule has 1 aliphatic carbocycles. The van der Waals surface area contributed by atoms with Crippen LogP contribution in [0.5, 0.6) is 0 Å². The van der Waals surface area contributed by atoms with Gasteiger partial charge in [0, 0.05) is 5.69 Å². The summed E-state index contributed by atoms with van der Waals surface area (Å²) in [5.41, 5.74) is 0.780. The van der Waals surface area contributed by atoms with Crippen LogP contribution in [0.2, 0.25) is 0 Å². The van der Waals surface area contributed by atoms with Gasteiger partial charge in [0.25, 0.3) is 0 Å². The van der Waals surface area contributed by atoms with Crippen molar-refractivity contribution >= 4 is 11.8 Å². The maximum absolute atomic E-state index is 12.0. The minimum atomic E-state index is -0.332. The van der Waals surface area contributed by atoms with E-state index >= 15 is 0 Å². The van der Waals surface area contributed by atoms with Gasteiger partial charge in [-0.1, -0.05) is 45.4 Å². The average molecular weight is 275 g/mol. The summed E-state index contributed by atoms with van der Waals surface area (Å²) in [5, 5.41) is 2.80. The van der Waals surface area contributed by atoms with E-state index in [1.54, 1.807) is 0 Å². The number of anilines is 1. The highest BCUT2D eigenvalue weighted by Crippen LogP contribution is 2.35. The fourth-order valence-electron chi connectivity index (χ4n) is 3.06. The zero-order chi connectivity index (χ0) is 14.5. The lowest BCUT2D eigenvalue weighted by atomic mass is 9.75. The predicted molar refractivity (Wildman–Crippen MR) is 81.7 cm³/mol. The van der Waals surface area contributed by atoms with Crippen molar-refractivity contribution < 1.29 is 9.53 Å². The Morgan fingerprint density at radius 2 is 1.95 bits per heavy atom. The summed E-state index contributed by atoms with van der Waals surface area (Å²) in [7, 11) is 0. The molecule has 1 aliphatic rings. The predicted octanol–water partition coefficient (Wildman–Crippen LogP) is 4.70. The third-order valence-corrected chi connectivity index (χ3v) is 4.24. The molecule has 0 saturated heterocycles. The first kappa shape index (κ1) is 14.9. The first-order valence-electron chi connectivity index (χ1n) is 7.59. The first-order chi connectivity index (χ1) is 9.56. The number of hydrogen-bond acceptors (Lipinski definition) is 2. The van der Waals surface area contributed by atoms with Crippen LogP contribution in [0.1, 0.15) is 40.0 Å². The number of ether oxygens (including phenoxy) is 1. The number of benzene rings is 1. The molecule has 3 heteroatoms. The van der Waals surface area contributed by atoms with Crippen molar-refractivity contribution in [2.45, 2.75) is 46.1 Å². The van der Waals surface area contributed by atoms with Crippen molar-refractivity contribution in [1.82, 2.24) is 0 Å². The largest absolute Gasteiger partial charge is 0.446 e. The summed E-state index contributed by atoms with van der Waals surface area (Å²) in [6, 6.07) is 9.45. The Morgan fingerprint density at radius 1 is 1.25 bits per heavy atom. The van der Waals surface area contributed by atoms with Crippen LogP contribution >= 0.6 is 0 Å². The van der Waals surface area contributed by atoms with Crippen molar-refractivity contribution in [1.29, 1.82) is 0 Å². The molecule has 1 aromatic carbocycles. The Balaban J connectivity index is 1.94. The van der Waals surface area contributed by atoms with E-state index in [1.807, 2.05) is 30.3 Å². The highest BCUT2D eigenvalue weighted by Gasteiger charge is 2.33. The van der Waals surface area contributed by atoms with Crippen LogP contribution in [-0.2, 0) is 4.74 Å². The molecule has 0 heterocycles. The zero-order valence-corrected chi connectivity index (χ0v) is 12.6. The maximum atomic E-state index is 12.0. The van der Waals surface area contributed by atoms with E-state index < -0.39 is 0 Å². The van der Waals surface area contributed by atoms with Crippen molar-refractivity contribution in [2.75, 3.05) is 5.32 Å². The fourth-order valence-corrected chi connectivity index (χ4v) is 3.06. The topological polar surface area (TPSA) is 38.3 Å². The Bertz CT molecular complexity index is 430. The molecule has 0 aliphatic heterocycles. The van der Waals surface area contributed by atoms with Gasteiger partial charge in [-0.15, -0.1) is 0 Å². The van der Waals surface area contributed by atoms with Gasteiger partial charge in [-0.2, -0.15) is 0 Å². The normalized spacial score (nSPS) is 26.3. The Hall–Kier alpha value is -1.51. The van der Waals surface area contributed by atoms with Crippen LogP contribution in [0.3, 0.4) is 0 Å². The van der Waals surface area contributed by atoms with E-state index in [4.69, 9.17) is 4.74 Å². The van der Waals surface area contributed by atoms with E-state index in [2.05, 4.69) is 26.1 Å². The van der Waals surface area contributed by atoms with E-state index in [-0.39, 0.29) is 12.2 Å². The molecular weight excluding hydrogens is 250 g/mol. The highest BCUT2D eigenvalue weighted by molar-refractivity contribution is 5.84. The number of carbonyl (C=O) groups excluding carboxylic acids is 1. The fraction of sp³-hybridized carbons (Fsp3) is 0.588. The summed E-state index contributed by atoms with van der Waals surface area (Å²) in [6.07, 6.45) is 3.08. The molecular formula is C17H25NO2. The molecule has 0 spiro atoms. The molecule has 1 aromatic rings. The molecule has 1 fully saturated rings. The van der Waals surface area contributed by atoms with Gasteiger partial charge in [-0.25, -0.2) is 4.79 Å². The van der Waals surface area contributed by atoms with Crippen molar-refractivity contribution in [3.05, 3.63) is 30.3 Å². The second-order valence-corrected chi connectivity index (χ2v) is 6.26. The number of nitrogens with one attached hydrogen (secondary N) is 1. The van der Waals surface area contributed by atoms with Crippen LogP contribution in [0.25, 0.3) is 0 Å². The molecule has 1 amide bonds. The molecule has 0 bridgehead atoms. The van der Waals surface area contributed by atoms with Crippen LogP contribution in [0, 0.1) is 17.8 Å². The molecule has 0 aromatic heterocycles. The summed E-state index contributed by atoms with van der Waals surface area (Å²) in [4.78, 5) is 12.0. The van der Waals surface area contributed by atoms with Gasteiger partial charge in [-0.3, -0.25) is 5.32 Å². The second-order valence-electron chi connectivity index (χ2n) is 6.26. The number of para-hydroxylation sites is 1. The van der Waals surface area contributed by atoms with Gasteiger partial charge in [0.05, 0.1) is 0 Å². The van der Waals surface area contributed by atoms with Gasteiger partial charge in [-0.05, 0) is 42.7 Å². The second kappa shape index (κ2) is 6.78. The maximum Gasteiger partial charge on any atom is 0.411 e. The van der Waals surface area contributed by atoms with Crippen molar-refractivity contribution in [3.8, 4) is 0 Å². The lowest BCUT2D eigenvalue weighted by Crippen LogP contribution is -2.36.